The molecular weight excluding hydrogens is 351 g/mol. The molecule has 0 aliphatic carbocycles. The van der Waals surface area contributed by atoms with E-state index in [0.717, 1.165) is 18.8 Å². The van der Waals surface area contributed by atoms with Crippen molar-refractivity contribution >= 4 is 5.91 Å². The van der Waals surface area contributed by atoms with Crippen LogP contribution in [0, 0.1) is 5.82 Å². The number of furan rings is 1. The highest BCUT2D eigenvalue weighted by molar-refractivity contribution is 5.94. The molecule has 1 aromatic carbocycles. The monoisotopic (exact) mass is 376 g/mol. The molecule has 0 bridgehead atoms. The van der Waals surface area contributed by atoms with Crippen molar-refractivity contribution in [2.45, 2.75) is 12.6 Å². The Morgan fingerprint density at radius 1 is 1.33 bits per heavy atom. The second kappa shape index (κ2) is 9.64. The van der Waals surface area contributed by atoms with Crippen LogP contribution in [0.15, 0.2) is 47.1 Å². The lowest BCUT2D eigenvalue weighted by Gasteiger charge is -2.35. The Balaban J connectivity index is 1.62. The van der Waals surface area contributed by atoms with Crippen molar-refractivity contribution in [2.24, 2.45) is 0 Å². The highest BCUT2D eigenvalue weighted by Crippen LogP contribution is 2.14. The van der Waals surface area contributed by atoms with E-state index >= 15 is 0 Å². The number of hydrogen-bond acceptors (Lipinski definition) is 5. The van der Waals surface area contributed by atoms with E-state index in [9.17, 15) is 9.18 Å². The lowest BCUT2D eigenvalue weighted by atomic mass is 10.1. The van der Waals surface area contributed by atoms with Crippen molar-refractivity contribution in [1.82, 2.24) is 9.80 Å². The van der Waals surface area contributed by atoms with Gasteiger partial charge >= 0.3 is 0 Å². The van der Waals surface area contributed by atoms with Gasteiger partial charge in [0.1, 0.15) is 11.6 Å². The Kier molecular flexibility index (Phi) is 6.98. The van der Waals surface area contributed by atoms with Gasteiger partial charge < -0.3 is 18.8 Å². The van der Waals surface area contributed by atoms with Crippen molar-refractivity contribution in [3.63, 3.8) is 0 Å². The summed E-state index contributed by atoms with van der Waals surface area (Å²) in [6.07, 6.45) is 1.57. The summed E-state index contributed by atoms with van der Waals surface area (Å²) in [6, 6.07) is 9.42. The molecule has 1 atom stereocenters. The molecular formula is C20H25FN2O4. The van der Waals surface area contributed by atoms with Crippen molar-refractivity contribution < 1.29 is 23.1 Å². The molecule has 0 N–H and O–H groups in total. The smallest absolute Gasteiger partial charge is 0.254 e. The number of nitrogens with zero attached hydrogens (tertiary/aromatic N) is 2. The van der Waals surface area contributed by atoms with E-state index in [-0.39, 0.29) is 17.8 Å². The topological polar surface area (TPSA) is 55.1 Å². The predicted octanol–water partition coefficient (Wildman–Crippen LogP) is 2.41. The number of carbonyl (C=O) groups is 1. The van der Waals surface area contributed by atoms with E-state index in [1.165, 1.54) is 24.3 Å². The van der Waals surface area contributed by atoms with Crippen LogP contribution in [0.25, 0.3) is 0 Å². The number of halogens is 1. The molecule has 0 radical (unpaired) electrons. The molecule has 3 rings (SSSR count). The van der Waals surface area contributed by atoms with E-state index in [4.69, 9.17) is 13.9 Å². The van der Waals surface area contributed by atoms with Gasteiger partial charge in [0.05, 0.1) is 32.1 Å². The van der Waals surface area contributed by atoms with Gasteiger partial charge in [0.25, 0.3) is 5.91 Å². The molecule has 1 saturated heterocycles. The Labute approximate surface area is 158 Å². The second-order valence-corrected chi connectivity index (χ2v) is 6.56. The maximum absolute atomic E-state index is 13.1. The lowest BCUT2D eigenvalue weighted by Crippen LogP contribution is -2.49. The number of benzene rings is 1. The fourth-order valence-corrected chi connectivity index (χ4v) is 3.16. The van der Waals surface area contributed by atoms with Gasteiger partial charge in [-0.2, -0.15) is 0 Å². The van der Waals surface area contributed by atoms with E-state index < -0.39 is 0 Å². The summed E-state index contributed by atoms with van der Waals surface area (Å²) in [5, 5.41) is 0. The number of methoxy groups -OCH3 is 1. The molecule has 0 saturated carbocycles. The molecule has 1 amide bonds. The summed E-state index contributed by atoms with van der Waals surface area (Å²) in [5.41, 5.74) is 0.454. The summed E-state index contributed by atoms with van der Waals surface area (Å²) in [7, 11) is 1.60. The Hall–Kier alpha value is -2.22. The zero-order valence-electron chi connectivity index (χ0n) is 15.5. The molecule has 27 heavy (non-hydrogen) atoms. The minimum absolute atomic E-state index is 0.102. The van der Waals surface area contributed by atoms with Gasteiger partial charge in [-0.25, -0.2) is 4.39 Å². The van der Waals surface area contributed by atoms with Gasteiger partial charge in [0.2, 0.25) is 0 Å². The zero-order chi connectivity index (χ0) is 19.1. The van der Waals surface area contributed by atoms with Crippen LogP contribution in [0.4, 0.5) is 4.39 Å². The normalized spacial score (nSPS) is 17.8. The third-order valence-electron chi connectivity index (χ3n) is 4.55. The van der Waals surface area contributed by atoms with Gasteiger partial charge in [-0.1, -0.05) is 0 Å². The standard InChI is InChI=1S/C20H25FN2O4/c1-25-11-9-23(20(24)16-4-6-17(21)7-5-16)15-19-14-22(8-12-27-19)13-18-3-2-10-26-18/h2-7,10,19H,8-9,11-15H2,1H3/t19-/m1/s1. The first-order valence-corrected chi connectivity index (χ1v) is 9.06. The van der Waals surface area contributed by atoms with E-state index in [2.05, 4.69) is 4.90 Å². The highest BCUT2D eigenvalue weighted by Gasteiger charge is 2.26. The predicted molar refractivity (Wildman–Crippen MR) is 97.9 cm³/mol. The highest BCUT2D eigenvalue weighted by atomic mass is 19.1. The van der Waals surface area contributed by atoms with Gasteiger partial charge in [-0.05, 0) is 36.4 Å². The SMILES string of the molecule is COCCN(C[C@H]1CN(Cc2ccco2)CCO1)C(=O)c1ccc(F)cc1. The van der Waals surface area contributed by atoms with Crippen LogP contribution in [0.5, 0.6) is 0 Å². The van der Waals surface area contributed by atoms with Crippen molar-refractivity contribution in [3.05, 3.63) is 59.8 Å². The van der Waals surface area contributed by atoms with Gasteiger partial charge in [0.15, 0.2) is 0 Å². The molecule has 1 aliphatic rings. The van der Waals surface area contributed by atoms with Crippen LogP contribution >= 0.6 is 0 Å². The lowest BCUT2D eigenvalue weighted by molar-refractivity contribution is -0.0458. The molecule has 2 aromatic rings. The fourth-order valence-electron chi connectivity index (χ4n) is 3.16. The minimum Gasteiger partial charge on any atom is -0.468 e. The first kappa shape index (κ1) is 19.5. The van der Waals surface area contributed by atoms with Crippen LogP contribution in [0.2, 0.25) is 0 Å². The van der Waals surface area contributed by atoms with E-state index in [0.29, 0.717) is 38.4 Å². The number of amides is 1. The maximum Gasteiger partial charge on any atom is 0.254 e. The Morgan fingerprint density at radius 3 is 2.85 bits per heavy atom. The molecule has 1 aliphatic heterocycles. The largest absolute Gasteiger partial charge is 0.468 e. The summed E-state index contributed by atoms with van der Waals surface area (Å²) in [6.45, 7) is 4.18. The molecule has 2 heterocycles. The zero-order valence-corrected chi connectivity index (χ0v) is 15.5. The molecule has 0 unspecified atom stereocenters. The van der Waals surface area contributed by atoms with Crippen molar-refractivity contribution in [1.29, 1.82) is 0 Å². The number of rotatable bonds is 8. The number of ether oxygens (including phenoxy) is 2. The van der Waals surface area contributed by atoms with Crippen LogP contribution in [0.1, 0.15) is 16.1 Å². The molecule has 7 heteroatoms. The molecule has 1 aromatic heterocycles. The number of hydrogen-bond donors (Lipinski definition) is 0. The molecule has 146 valence electrons. The summed E-state index contributed by atoms with van der Waals surface area (Å²) < 4.78 is 29.6. The average Bonchev–Trinajstić information content (AvgIpc) is 3.18. The summed E-state index contributed by atoms with van der Waals surface area (Å²) >= 11 is 0. The van der Waals surface area contributed by atoms with Crippen LogP contribution in [-0.4, -0.2) is 68.3 Å². The van der Waals surface area contributed by atoms with Crippen molar-refractivity contribution in [2.75, 3.05) is 46.5 Å². The van der Waals surface area contributed by atoms with Gasteiger partial charge in [-0.15, -0.1) is 0 Å². The third kappa shape index (κ3) is 5.63. The molecule has 6 nitrogen and oxygen atoms in total. The first-order valence-electron chi connectivity index (χ1n) is 9.06. The number of carbonyl (C=O) groups excluding carboxylic acids is 1. The van der Waals surface area contributed by atoms with E-state index in [1.54, 1.807) is 18.3 Å². The van der Waals surface area contributed by atoms with Crippen LogP contribution in [-0.2, 0) is 16.0 Å². The Bertz CT molecular complexity index is 705. The average molecular weight is 376 g/mol. The summed E-state index contributed by atoms with van der Waals surface area (Å²) in [4.78, 5) is 16.8. The van der Waals surface area contributed by atoms with Crippen molar-refractivity contribution in [3.8, 4) is 0 Å². The molecule has 0 spiro atoms. The fraction of sp³-hybridized carbons (Fsp3) is 0.450. The maximum atomic E-state index is 13.1. The second-order valence-electron chi connectivity index (χ2n) is 6.56. The Morgan fingerprint density at radius 2 is 2.15 bits per heavy atom. The van der Waals surface area contributed by atoms with E-state index in [1.807, 2.05) is 12.1 Å². The summed E-state index contributed by atoms with van der Waals surface area (Å²) in [5.74, 6) is 0.396. The molecule has 1 fully saturated rings. The minimum atomic E-state index is -0.362. The quantitative estimate of drug-likeness (QED) is 0.708. The first-order chi connectivity index (χ1) is 13.2. The van der Waals surface area contributed by atoms with Gasteiger partial charge in [-0.3, -0.25) is 9.69 Å². The third-order valence-corrected chi connectivity index (χ3v) is 4.55. The van der Waals surface area contributed by atoms with Gasteiger partial charge in [0, 0.05) is 38.9 Å². The van der Waals surface area contributed by atoms with Crippen LogP contribution < -0.4 is 0 Å². The number of morpholine rings is 1. The van der Waals surface area contributed by atoms with Crippen LogP contribution in [0.3, 0.4) is 0 Å².